The first-order chi connectivity index (χ1) is 13.2. The van der Waals surface area contributed by atoms with Crippen molar-refractivity contribution in [1.29, 1.82) is 0 Å². The number of hydrogen-bond acceptors (Lipinski definition) is 3. The highest BCUT2D eigenvalue weighted by molar-refractivity contribution is 14.0. The zero-order valence-electron chi connectivity index (χ0n) is 17.7. The van der Waals surface area contributed by atoms with Gasteiger partial charge in [-0.3, -0.25) is 9.89 Å². The standard InChI is InChI=1S/C22H37N5.HI/c1-4-26(5-2)21(19-9-7-6-8-10-19)16-25-22(23-3)24-15-18-13-14-27(17-18)20-11-12-20;/h6-10,18,20-21H,4-5,11-17H2,1-3H3,(H2,23,24,25);1H. The van der Waals surface area contributed by atoms with E-state index in [-0.39, 0.29) is 24.0 Å². The predicted octanol–water partition coefficient (Wildman–Crippen LogP) is 3.34. The highest BCUT2D eigenvalue weighted by Gasteiger charge is 2.34. The number of nitrogens with zero attached hydrogens (tertiary/aromatic N) is 3. The van der Waals surface area contributed by atoms with Crippen molar-refractivity contribution >= 4 is 29.9 Å². The van der Waals surface area contributed by atoms with E-state index in [1.807, 2.05) is 7.05 Å². The molecule has 6 heteroatoms. The van der Waals surface area contributed by atoms with Gasteiger partial charge in [-0.1, -0.05) is 44.2 Å². The van der Waals surface area contributed by atoms with Crippen LogP contribution in [-0.2, 0) is 0 Å². The number of nitrogens with one attached hydrogen (secondary N) is 2. The van der Waals surface area contributed by atoms with E-state index in [0.717, 1.165) is 44.1 Å². The molecule has 2 atom stereocenters. The number of halogens is 1. The van der Waals surface area contributed by atoms with E-state index in [1.165, 1.54) is 37.9 Å². The van der Waals surface area contributed by atoms with Gasteiger partial charge in [-0.25, -0.2) is 0 Å². The maximum absolute atomic E-state index is 4.45. The van der Waals surface area contributed by atoms with Crippen LogP contribution in [-0.4, -0.2) is 68.1 Å². The Balaban J connectivity index is 0.00000280. The number of guanidine groups is 1. The van der Waals surface area contributed by atoms with E-state index < -0.39 is 0 Å². The average molecular weight is 499 g/mol. The Morgan fingerprint density at radius 2 is 1.86 bits per heavy atom. The number of likely N-dealkylation sites (N-methyl/N-ethyl adjacent to an activating group) is 1. The number of rotatable bonds is 9. The predicted molar refractivity (Wildman–Crippen MR) is 130 cm³/mol. The van der Waals surface area contributed by atoms with Gasteiger partial charge < -0.3 is 15.5 Å². The van der Waals surface area contributed by atoms with E-state index >= 15 is 0 Å². The molecule has 0 bridgehead atoms. The summed E-state index contributed by atoms with van der Waals surface area (Å²) in [6, 6.07) is 12.1. The molecule has 1 heterocycles. The molecule has 1 saturated heterocycles. The number of benzene rings is 1. The zero-order chi connectivity index (χ0) is 19.1. The van der Waals surface area contributed by atoms with Gasteiger partial charge in [0.1, 0.15) is 0 Å². The molecule has 158 valence electrons. The summed E-state index contributed by atoms with van der Waals surface area (Å²) in [5.74, 6) is 1.67. The first kappa shape index (κ1) is 23.4. The third-order valence-corrected chi connectivity index (χ3v) is 6.06. The summed E-state index contributed by atoms with van der Waals surface area (Å²) in [4.78, 5) is 9.63. The van der Waals surface area contributed by atoms with Gasteiger partial charge in [0.15, 0.2) is 5.96 Å². The van der Waals surface area contributed by atoms with Crippen molar-refractivity contribution in [3.63, 3.8) is 0 Å². The molecule has 0 spiro atoms. The van der Waals surface area contributed by atoms with Crippen molar-refractivity contribution in [3.05, 3.63) is 35.9 Å². The summed E-state index contributed by atoms with van der Waals surface area (Å²) in [6.07, 6.45) is 4.14. The summed E-state index contributed by atoms with van der Waals surface area (Å²) < 4.78 is 0. The molecule has 1 aliphatic carbocycles. The van der Waals surface area contributed by atoms with E-state index in [1.54, 1.807) is 0 Å². The van der Waals surface area contributed by atoms with Crippen LogP contribution in [0.4, 0.5) is 0 Å². The van der Waals surface area contributed by atoms with Gasteiger partial charge >= 0.3 is 0 Å². The minimum atomic E-state index is 0. The molecule has 2 unspecified atom stereocenters. The van der Waals surface area contributed by atoms with Crippen molar-refractivity contribution in [1.82, 2.24) is 20.4 Å². The number of hydrogen-bond donors (Lipinski definition) is 2. The lowest BCUT2D eigenvalue weighted by Crippen LogP contribution is -2.44. The van der Waals surface area contributed by atoms with Crippen molar-refractivity contribution in [2.75, 3.05) is 46.3 Å². The fraction of sp³-hybridized carbons (Fsp3) is 0.682. The Hall–Kier alpha value is -0.860. The quantitative estimate of drug-likeness (QED) is 0.311. The van der Waals surface area contributed by atoms with Gasteiger partial charge in [-0.05, 0) is 50.4 Å². The topological polar surface area (TPSA) is 42.9 Å². The number of aliphatic imine (C=N–C) groups is 1. The van der Waals surface area contributed by atoms with Gasteiger partial charge in [0.2, 0.25) is 0 Å². The monoisotopic (exact) mass is 499 g/mol. The molecule has 2 aliphatic rings. The van der Waals surface area contributed by atoms with Crippen LogP contribution >= 0.6 is 24.0 Å². The van der Waals surface area contributed by atoms with Gasteiger partial charge in [0.25, 0.3) is 0 Å². The smallest absolute Gasteiger partial charge is 0.191 e. The van der Waals surface area contributed by atoms with Crippen LogP contribution in [0.2, 0.25) is 0 Å². The van der Waals surface area contributed by atoms with E-state index in [0.29, 0.717) is 6.04 Å². The van der Waals surface area contributed by atoms with Crippen molar-refractivity contribution < 1.29 is 0 Å². The lowest BCUT2D eigenvalue weighted by Gasteiger charge is -2.31. The zero-order valence-corrected chi connectivity index (χ0v) is 20.1. The Kier molecular flexibility index (Phi) is 10.0. The summed E-state index contributed by atoms with van der Waals surface area (Å²) in [5, 5.41) is 7.14. The van der Waals surface area contributed by atoms with Crippen LogP contribution in [0.3, 0.4) is 0 Å². The largest absolute Gasteiger partial charge is 0.356 e. The highest BCUT2D eigenvalue weighted by atomic mass is 127. The molecular weight excluding hydrogens is 461 g/mol. The Morgan fingerprint density at radius 1 is 1.14 bits per heavy atom. The minimum Gasteiger partial charge on any atom is -0.356 e. The fourth-order valence-corrected chi connectivity index (χ4v) is 4.25. The van der Waals surface area contributed by atoms with Crippen LogP contribution < -0.4 is 10.6 Å². The first-order valence-corrected chi connectivity index (χ1v) is 10.7. The lowest BCUT2D eigenvalue weighted by molar-refractivity contribution is 0.219. The maximum Gasteiger partial charge on any atom is 0.191 e. The van der Waals surface area contributed by atoms with E-state index in [9.17, 15) is 0 Å². The van der Waals surface area contributed by atoms with E-state index in [2.05, 4.69) is 69.6 Å². The summed E-state index contributed by atoms with van der Waals surface area (Å²) in [6.45, 7) is 11.0. The van der Waals surface area contributed by atoms with Crippen molar-refractivity contribution in [3.8, 4) is 0 Å². The molecule has 28 heavy (non-hydrogen) atoms. The van der Waals surface area contributed by atoms with Gasteiger partial charge in [0.05, 0.1) is 6.04 Å². The summed E-state index contributed by atoms with van der Waals surface area (Å²) in [5.41, 5.74) is 1.36. The molecule has 3 rings (SSSR count). The molecule has 0 amide bonds. The Bertz CT molecular complexity index is 586. The fourth-order valence-electron chi connectivity index (χ4n) is 4.25. The lowest BCUT2D eigenvalue weighted by atomic mass is 10.1. The molecule has 0 aromatic heterocycles. The van der Waals surface area contributed by atoms with Crippen LogP contribution in [0, 0.1) is 5.92 Å². The van der Waals surface area contributed by atoms with Gasteiger partial charge in [0, 0.05) is 32.7 Å². The maximum atomic E-state index is 4.45. The molecular formula is C22H38IN5. The summed E-state index contributed by atoms with van der Waals surface area (Å²) >= 11 is 0. The third kappa shape index (κ3) is 6.59. The molecule has 2 N–H and O–H groups in total. The van der Waals surface area contributed by atoms with Crippen molar-refractivity contribution in [2.45, 2.75) is 45.2 Å². The molecule has 0 radical (unpaired) electrons. The van der Waals surface area contributed by atoms with E-state index in [4.69, 9.17) is 0 Å². The van der Waals surface area contributed by atoms with Crippen LogP contribution in [0.1, 0.15) is 44.7 Å². The third-order valence-electron chi connectivity index (χ3n) is 6.06. The molecule has 1 aromatic rings. The normalized spacial score (nSPS) is 21.4. The number of likely N-dealkylation sites (tertiary alicyclic amines) is 1. The Morgan fingerprint density at radius 3 is 2.46 bits per heavy atom. The van der Waals surface area contributed by atoms with Gasteiger partial charge in [-0.15, -0.1) is 24.0 Å². The van der Waals surface area contributed by atoms with Crippen molar-refractivity contribution in [2.24, 2.45) is 10.9 Å². The van der Waals surface area contributed by atoms with Gasteiger partial charge in [-0.2, -0.15) is 0 Å². The second kappa shape index (κ2) is 12.0. The second-order valence-electron chi connectivity index (χ2n) is 7.86. The SMILES string of the molecule is CCN(CC)C(CNC(=NC)NCC1CCN(C2CC2)C1)c1ccccc1.I. The average Bonchev–Trinajstić information content (AvgIpc) is 3.46. The minimum absolute atomic E-state index is 0. The molecule has 1 aliphatic heterocycles. The second-order valence-corrected chi connectivity index (χ2v) is 7.86. The molecule has 1 saturated carbocycles. The molecule has 2 fully saturated rings. The molecule has 5 nitrogen and oxygen atoms in total. The summed E-state index contributed by atoms with van der Waals surface area (Å²) in [7, 11) is 1.87. The van der Waals surface area contributed by atoms with Crippen LogP contribution in [0.25, 0.3) is 0 Å². The molecule has 1 aromatic carbocycles. The van der Waals surface area contributed by atoms with Crippen LogP contribution in [0.15, 0.2) is 35.3 Å². The van der Waals surface area contributed by atoms with Crippen LogP contribution in [0.5, 0.6) is 0 Å². The Labute approximate surface area is 188 Å². The first-order valence-electron chi connectivity index (χ1n) is 10.7. The highest BCUT2D eigenvalue weighted by Crippen LogP contribution is 2.31.